The number of carboxylic acid groups (broad SMARTS) is 1. The van der Waals surface area contributed by atoms with Gasteiger partial charge in [0, 0.05) is 0 Å². The monoisotopic (exact) mass is 296 g/mol. The number of hydrogen-bond donors (Lipinski definition) is 1. The second kappa shape index (κ2) is 6.54. The minimum Gasteiger partial charge on any atom is -0.481 e. The van der Waals surface area contributed by atoms with Crippen LogP contribution in [-0.4, -0.2) is 11.1 Å². The van der Waals surface area contributed by atoms with E-state index >= 15 is 0 Å². The second-order valence-corrected chi connectivity index (χ2v) is 6.46. The van der Waals surface area contributed by atoms with Crippen LogP contribution in [0.25, 0.3) is 0 Å². The van der Waals surface area contributed by atoms with Crippen molar-refractivity contribution in [1.29, 1.82) is 0 Å². The first-order valence-corrected chi connectivity index (χ1v) is 7.55. The summed E-state index contributed by atoms with van der Waals surface area (Å²) in [5, 5.41) is 9.37. The first-order chi connectivity index (χ1) is 9.88. The largest absolute Gasteiger partial charge is 0.481 e. The van der Waals surface area contributed by atoms with Gasteiger partial charge in [-0.25, -0.2) is 8.78 Å². The molecule has 1 fully saturated rings. The first-order valence-electron chi connectivity index (χ1n) is 7.55. The molecule has 1 N–H and O–H groups in total. The maximum Gasteiger partial charge on any atom is 0.306 e. The summed E-state index contributed by atoms with van der Waals surface area (Å²) in [6, 6.07) is 3.39. The van der Waals surface area contributed by atoms with Crippen LogP contribution in [0.3, 0.4) is 0 Å². The Morgan fingerprint density at radius 3 is 2.67 bits per heavy atom. The Balaban J connectivity index is 2.19. The van der Waals surface area contributed by atoms with Crippen LogP contribution in [0.4, 0.5) is 8.78 Å². The normalized spacial score (nSPS) is 26.0. The molecule has 3 atom stereocenters. The van der Waals surface area contributed by atoms with Crippen molar-refractivity contribution < 1.29 is 18.7 Å². The minimum absolute atomic E-state index is 0.125. The van der Waals surface area contributed by atoms with Crippen LogP contribution in [0.15, 0.2) is 18.2 Å². The Kier molecular flexibility index (Phi) is 4.96. The summed E-state index contributed by atoms with van der Waals surface area (Å²) >= 11 is 0. The number of halogens is 2. The molecule has 4 heteroatoms. The molecule has 0 aliphatic heterocycles. The molecule has 21 heavy (non-hydrogen) atoms. The van der Waals surface area contributed by atoms with Gasteiger partial charge in [-0.1, -0.05) is 13.8 Å². The summed E-state index contributed by atoms with van der Waals surface area (Å²) in [6.07, 6.45) is 2.59. The van der Waals surface area contributed by atoms with Crippen molar-refractivity contribution in [3.63, 3.8) is 0 Å². The van der Waals surface area contributed by atoms with Crippen LogP contribution in [0.1, 0.15) is 38.7 Å². The van der Waals surface area contributed by atoms with Gasteiger partial charge in [0.1, 0.15) is 11.6 Å². The topological polar surface area (TPSA) is 37.3 Å². The molecule has 116 valence electrons. The Bertz CT molecular complexity index is 514. The van der Waals surface area contributed by atoms with E-state index in [-0.39, 0.29) is 11.5 Å². The number of hydrogen-bond acceptors (Lipinski definition) is 1. The van der Waals surface area contributed by atoms with Gasteiger partial charge in [0.25, 0.3) is 0 Å². The van der Waals surface area contributed by atoms with Gasteiger partial charge in [0.05, 0.1) is 5.92 Å². The minimum atomic E-state index is -0.820. The van der Waals surface area contributed by atoms with E-state index < -0.39 is 23.5 Å². The number of carboxylic acids is 1. The van der Waals surface area contributed by atoms with Crippen LogP contribution in [0.5, 0.6) is 0 Å². The van der Waals surface area contributed by atoms with Crippen molar-refractivity contribution in [3.8, 4) is 0 Å². The number of carbonyl (C=O) groups is 1. The summed E-state index contributed by atoms with van der Waals surface area (Å²) in [5.74, 6) is -1.38. The predicted octanol–water partition coefficient (Wildman–Crippen LogP) is 4.28. The molecule has 0 bridgehead atoms. The maximum atomic E-state index is 13.8. The molecule has 1 aromatic rings. The average molecular weight is 296 g/mol. The van der Waals surface area contributed by atoms with E-state index in [0.29, 0.717) is 24.7 Å². The molecular weight excluding hydrogens is 274 g/mol. The lowest BCUT2D eigenvalue weighted by atomic mass is 9.69. The zero-order chi connectivity index (χ0) is 15.6. The summed E-state index contributed by atoms with van der Waals surface area (Å²) in [5.41, 5.74) is 0.288. The molecule has 0 saturated heterocycles. The highest BCUT2D eigenvalue weighted by molar-refractivity contribution is 5.70. The molecule has 3 unspecified atom stereocenters. The van der Waals surface area contributed by atoms with Gasteiger partial charge >= 0.3 is 5.97 Å². The smallest absolute Gasteiger partial charge is 0.306 e. The van der Waals surface area contributed by atoms with Crippen LogP contribution >= 0.6 is 0 Å². The molecule has 0 spiro atoms. The van der Waals surface area contributed by atoms with Crippen molar-refractivity contribution in [2.24, 2.45) is 23.7 Å². The summed E-state index contributed by atoms with van der Waals surface area (Å²) in [7, 11) is 0. The summed E-state index contributed by atoms with van der Waals surface area (Å²) in [6.45, 7) is 4.26. The van der Waals surface area contributed by atoms with Crippen molar-refractivity contribution >= 4 is 5.97 Å². The van der Waals surface area contributed by atoms with Crippen LogP contribution in [0, 0.1) is 35.3 Å². The molecule has 0 radical (unpaired) electrons. The van der Waals surface area contributed by atoms with E-state index in [1.165, 1.54) is 6.07 Å². The summed E-state index contributed by atoms with van der Waals surface area (Å²) in [4.78, 5) is 11.4. The van der Waals surface area contributed by atoms with Crippen molar-refractivity contribution in [3.05, 3.63) is 35.4 Å². The average Bonchev–Trinajstić information content (AvgIpc) is 2.42. The number of rotatable bonds is 4. The first kappa shape index (κ1) is 15.9. The summed E-state index contributed by atoms with van der Waals surface area (Å²) < 4.78 is 27.1. The Morgan fingerprint density at radius 1 is 1.33 bits per heavy atom. The SMILES string of the molecule is CC(C)C1CCC(C(=O)O)C(Cc2cc(F)ccc2F)C1. The van der Waals surface area contributed by atoms with Crippen molar-refractivity contribution in [2.75, 3.05) is 0 Å². The Morgan fingerprint density at radius 2 is 2.05 bits per heavy atom. The molecule has 2 rings (SSSR count). The van der Waals surface area contributed by atoms with Gasteiger partial charge in [-0.3, -0.25) is 4.79 Å². The standard InChI is InChI=1S/C17H22F2O2/c1-10(2)11-3-5-15(17(20)21)12(7-11)8-13-9-14(18)4-6-16(13)19/h4,6,9-12,15H,3,5,7-8H2,1-2H3,(H,20,21). The lowest BCUT2D eigenvalue weighted by Crippen LogP contribution is -2.33. The molecule has 0 amide bonds. The van der Waals surface area contributed by atoms with Crippen molar-refractivity contribution in [1.82, 2.24) is 0 Å². The van der Waals surface area contributed by atoms with Gasteiger partial charge in [-0.15, -0.1) is 0 Å². The van der Waals surface area contributed by atoms with Gasteiger partial charge in [-0.2, -0.15) is 0 Å². The van der Waals surface area contributed by atoms with Crippen LogP contribution in [0.2, 0.25) is 0 Å². The van der Waals surface area contributed by atoms with E-state index in [1.807, 2.05) is 0 Å². The van der Waals surface area contributed by atoms with E-state index in [0.717, 1.165) is 25.0 Å². The van der Waals surface area contributed by atoms with Gasteiger partial charge in [0.15, 0.2) is 0 Å². The zero-order valence-corrected chi connectivity index (χ0v) is 12.5. The third kappa shape index (κ3) is 3.80. The molecule has 1 aromatic carbocycles. The molecule has 1 aliphatic carbocycles. The van der Waals surface area contributed by atoms with E-state index in [4.69, 9.17) is 0 Å². The second-order valence-electron chi connectivity index (χ2n) is 6.46. The van der Waals surface area contributed by atoms with E-state index in [9.17, 15) is 18.7 Å². The highest BCUT2D eigenvalue weighted by Gasteiger charge is 2.36. The van der Waals surface area contributed by atoms with E-state index in [2.05, 4.69) is 13.8 Å². The van der Waals surface area contributed by atoms with Gasteiger partial charge in [-0.05, 0) is 67.2 Å². The fraction of sp³-hybridized carbons (Fsp3) is 0.588. The Labute approximate surface area is 124 Å². The van der Waals surface area contributed by atoms with Crippen LogP contribution in [-0.2, 0) is 11.2 Å². The van der Waals surface area contributed by atoms with Gasteiger partial charge < -0.3 is 5.11 Å². The molecule has 2 nitrogen and oxygen atoms in total. The zero-order valence-electron chi connectivity index (χ0n) is 12.5. The number of aliphatic carboxylic acids is 1. The molecule has 0 aromatic heterocycles. The maximum absolute atomic E-state index is 13.8. The molecule has 0 heterocycles. The third-order valence-electron chi connectivity index (χ3n) is 4.77. The van der Waals surface area contributed by atoms with Crippen LogP contribution < -0.4 is 0 Å². The fourth-order valence-corrected chi connectivity index (χ4v) is 3.44. The fourth-order valence-electron chi connectivity index (χ4n) is 3.44. The highest BCUT2D eigenvalue weighted by atomic mass is 19.1. The predicted molar refractivity (Wildman–Crippen MR) is 76.9 cm³/mol. The molecule has 1 saturated carbocycles. The molecule has 1 aliphatic rings. The quantitative estimate of drug-likeness (QED) is 0.900. The third-order valence-corrected chi connectivity index (χ3v) is 4.77. The molecular formula is C17H22F2O2. The van der Waals surface area contributed by atoms with Crippen molar-refractivity contribution in [2.45, 2.75) is 39.5 Å². The highest BCUT2D eigenvalue weighted by Crippen LogP contribution is 2.39. The van der Waals surface area contributed by atoms with Gasteiger partial charge in [0.2, 0.25) is 0 Å². The lowest BCUT2D eigenvalue weighted by molar-refractivity contribution is -0.145. The number of benzene rings is 1. The van der Waals surface area contributed by atoms with E-state index in [1.54, 1.807) is 0 Å². The lowest BCUT2D eigenvalue weighted by Gasteiger charge is -2.36. The Hall–Kier alpha value is -1.45.